The summed E-state index contributed by atoms with van der Waals surface area (Å²) in [6.07, 6.45) is 0. The molecule has 1 aliphatic heterocycles. The Kier molecular flexibility index (Phi) is 8.52. The molecule has 0 aliphatic carbocycles. The Morgan fingerprint density at radius 2 is 1.92 bits per heavy atom. The molecule has 1 amide bonds. The first-order valence-electron chi connectivity index (χ1n) is 10.5. The fraction of sp³-hybridized carbons (Fsp3) is 0.227. The average molecular weight is 635 g/mol. The van der Waals surface area contributed by atoms with Crippen molar-refractivity contribution in [2.75, 3.05) is 35.9 Å². The Hall–Kier alpha value is -1.84. The number of aryl methyl sites for hydroxylation is 1. The van der Waals surface area contributed by atoms with Crippen LogP contribution in [0.4, 0.5) is 16.4 Å². The van der Waals surface area contributed by atoms with Crippen LogP contribution in [0.1, 0.15) is 15.9 Å². The van der Waals surface area contributed by atoms with Gasteiger partial charge in [-0.3, -0.25) is 9.35 Å². The van der Waals surface area contributed by atoms with E-state index in [1.807, 2.05) is 0 Å². The van der Waals surface area contributed by atoms with Gasteiger partial charge >= 0.3 is 0 Å². The van der Waals surface area contributed by atoms with Gasteiger partial charge in [-0.25, -0.2) is 16.9 Å². The van der Waals surface area contributed by atoms with Gasteiger partial charge in [0.1, 0.15) is 5.00 Å². The number of hydrogen-bond donors (Lipinski definition) is 2. The highest BCUT2D eigenvalue weighted by molar-refractivity contribution is 9.10. The quantitative estimate of drug-likeness (QED) is 0.353. The maximum absolute atomic E-state index is 13.3. The molecular weight excluding hydrogens is 614 g/mol. The highest BCUT2D eigenvalue weighted by Gasteiger charge is 2.28. The van der Waals surface area contributed by atoms with Gasteiger partial charge in [-0.1, -0.05) is 27.5 Å². The smallest absolute Gasteiger partial charge is 0.267 e. The van der Waals surface area contributed by atoms with E-state index < -0.39 is 27.2 Å². The number of ether oxygens (including phenoxy) is 1. The molecule has 1 aromatic heterocycles. The minimum Gasteiger partial charge on any atom is -0.379 e. The van der Waals surface area contributed by atoms with Crippen molar-refractivity contribution in [3.8, 4) is 0 Å². The Bertz CT molecular complexity index is 1430. The third-order valence-corrected chi connectivity index (χ3v) is 9.95. The molecule has 192 valence electrons. The molecule has 0 bridgehead atoms. The van der Waals surface area contributed by atoms with E-state index in [2.05, 4.69) is 21.2 Å². The number of carbonyl (C=O) groups excluding carboxylic acids is 1. The van der Waals surface area contributed by atoms with Crippen molar-refractivity contribution in [2.24, 2.45) is 0 Å². The summed E-state index contributed by atoms with van der Waals surface area (Å²) in [7, 11) is -3.70. The van der Waals surface area contributed by atoms with E-state index >= 15 is 0 Å². The van der Waals surface area contributed by atoms with Gasteiger partial charge in [-0.05, 0) is 61.0 Å². The number of nitrogens with one attached hydrogen (secondary N) is 1. The number of halogens is 2. The van der Waals surface area contributed by atoms with Crippen molar-refractivity contribution in [3.63, 3.8) is 0 Å². The normalized spacial score (nSPS) is 15.4. The Morgan fingerprint density at radius 3 is 2.53 bits per heavy atom. The summed E-state index contributed by atoms with van der Waals surface area (Å²) in [4.78, 5) is 13.4. The summed E-state index contributed by atoms with van der Waals surface area (Å²) in [5.74, 6) is -0.549. The maximum Gasteiger partial charge on any atom is 0.267 e. The third-order valence-electron chi connectivity index (χ3n) is 5.36. The first kappa shape index (κ1) is 27.2. The van der Waals surface area contributed by atoms with Crippen LogP contribution < -0.4 is 9.62 Å². The standard InChI is InChI=1S/C22H21BrClN3O6S3/c1-14-12-16(3-5-19(14)36(31,32)26-8-10-33-11-9-26)25-22(28)17-13-15(23)2-4-18(17)27(35(29)30)21-7-6-20(24)34-21/h2-7,12-13H,8-11H2,1H3,(H,25,28)(H,29,30). The first-order chi connectivity index (χ1) is 17.1. The van der Waals surface area contributed by atoms with Crippen LogP contribution in [0.15, 0.2) is 57.9 Å². The van der Waals surface area contributed by atoms with E-state index in [4.69, 9.17) is 16.3 Å². The summed E-state index contributed by atoms with van der Waals surface area (Å²) < 4.78 is 57.0. The number of hydrogen-bond acceptors (Lipinski definition) is 6. The van der Waals surface area contributed by atoms with E-state index in [1.54, 1.807) is 37.3 Å². The summed E-state index contributed by atoms with van der Waals surface area (Å²) in [5.41, 5.74) is 1.16. The lowest BCUT2D eigenvalue weighted by atomic mass is 10.1. The van der Waals surface area contributed by atoms with Crippen molar-refractivity contribution in [2.45, 2.75) is 11.8 Å². The van der Waals surface area contributed by atoms with Crippen LogP contribution in [-0.2, 0) is 26.0 Å². The van der Waals surface area contributed by atoms with E-state index in [0.29, 0.717) is 38.3 Å². The summed E-state index contributed by atoms with van der Waals surface area (Å²) >= 11 is 7.96. The van der Waals surface area contributed by atoms with E-state index in [9.17, 15) is 22.0 Å². The van der Waals surface area contributed by atoms with Crippen LogP contribution in [0.3, 0.4) is 0 Å². The Balaban J connectivity index is 1.63. The number of nitrogens with zero attached hydrogens (tertiary/aromatic N) is 2. The largest absolute Gasteiger partial charge is 0.379 e. The molecule has 14 heteroatoms. The molecule has 1 aliphatic rings. The van der Waals surface area contributed by atoms with E-state index in [0.717, 1.165) is 15.6 Å². The molecule has 2 aromatic carbocycles. The number of morpholine rings is 1. The van der Waals surface area contributed by atoms with Gasteiger partial charge in [0.2, 0.25) is 10.0 Å². The van der Waals surface area contributed by atoms with Crippen LogP contribution in [0.2, 0.25) is 4.34 Å². The molecule has 1 unspecified atom stereocenters. The molecule has 0 spiro atoms. The second-order valence-corrected chi connectivity index (χ2v) is 13.1. The highest BCUT2D eigenvalue weighted by Crippen LogP contribution is 2.38. The fourth-order valence-corrected chi connectivity index (χ4v) is 7.48. The van der Waals surface area contributed by atoms with Crippen molar-refractivity contribution in [1.29, 1.82) is 0 Å². The lowest BCUT2D eigenvalue weighted by Crippen LogP contribution is -2.40. The van der Waals surface area contributed by atoms with Gasteiger partial charge in [-0.15, -0.1) is 11.3 Å². The number of thiophene rings is 1. The number of anilines is 3. The highest BCUT2D eigenvalue weighted by atomic mass is 79.9. The monoisotopic (exact) mass is 633 g/mol. The van der Waals surface area contributed by atoms with Crippen molar-refractivity contribution >= 4 is 82.4 Å². The van der Waals surface area contributed by atoms with Crippen molar-refractivity contribution < 1.29 is 26.7 Å². The zero-order chi connectivity index (χ0) is 26.0. The predicted molar refractivity (Wildman–Crippen MR) is 145 cm³/mol. The van der Waals surface area contributed by atoms with Crippen LogP contribution in [0.5, 0.6) is 0 Å². The lowest BCUT2D eigenvalue weighted by molar-refractivity contribution is 0.0730. The van der Waals surface area contributed by atoms with Gasteiger partial charge < -0.3 is 10.1 Å². The zero-order valence-electron chi connectivity index (χ0n) is 18.8. The fourth-order valence-electron chi connectivity index (χ4n) is 3.70. The summed E-state index contributed by atoms with van der Waals surface area (Å²) in [5, 5.41) is 3.14. The van der Waals surface area contributed by atoms with Gasteiger partial charge in [0, 0.05) is 23.2 Å². The molecule has 1 saturated heterocycles. The number of sulfonamides is 1. The molecule has 36 heavy (non-hydrogen) atoms. The lowest BCUT2D eigenvalue weighted by Gasteiger charge is -2.26. The second-order valence-electron chi connectivity index (χ2n) is 7.72. The number of rotatable bonds is 7. The number of amides is 1. The minimum atomic E-state index is -3.70. The van der Waals surface area contributed by atoms with Crippen LogP contribution >= 0.6 is 38.9 Å². The Labute approximate surface area is 228 Å². The van der Waals surface area contributed by atoms with Gasteiger partial charge in [0.25, 0.3) is 17.2 Å². The predicted octanol–water partition coefficient (Wildman–Crippen LogP) is 5.02. The molecule has 2 heterocycles. The summed E-state index contributed by atoms with van der Waals surface area (Å²) in [6, 6.07) is 12.4. The first-order valence-corrected chi connectivity index (χ1v) is 15.0. The van der Waals surface area contributed by atoms with Gasteiger partial charge in [-0.2, -0.15) is 4.31 Å². The molecule has 3 aromatic rings. The molecule has 9 nitrogen and oxygen atoms in total. The van der Waals surface area contributed by atoms with Crippen molar-refractivity contribution in [3.05, 3.63) is 68.5 Å². The average Bonchev–Trinajstić information content (AvgIpc) is 3.25. The zero-order valence-corrected chi connectivity index (χ0v) is 23.6. The topological polar surface area (TPSA) is 116 Å². The molecule has 4 rings (SSSR count). The SMILES string of the molecule is Cc1cc(NC(=O)c2cc(Br)ccc2N(c2ccc(Cl)s2)S(=O)O)ccc1S(=O)(=O)N1CCOCC1. The Morgan fingerprint density at radius 1 is 1.19 bits per heavy atom. The van der Waals surface area contributed by atoms with Crippen LogP contribution in [0, 0.1) is 6.92 Å². The molecule has 2 N–H and O–H groups in total. The van der Waals surface area contributed by atoms with E-state index in [1.165, 1.54) is 22.5 Å². The number of benzene rings is 2. The van der Waals surface area contributed by atoms with E-state index in [-0.39, 0.29) is 29.2 Å². The van der Waals surface area contributed by atoms with Gasteiger partial charge in [0.15, 0.2) is 0 Å². The number of carbonyl (C=O) groups is 1. The molecule has 0 saturated carbocycles. The maximum atomic E-state index is 13.3. The minimum absolute atomic E-state index is 0.124. The molecule has 1 fully saturated rings. The van der Waals surface area contributed by atoms with Gasteiger partial charge in [0.05, 0.1) is 33.7 Å². The molecular formula is C22H21BrClN3O6S3. The summed E-state index contributed by atoms with van der Waals surface area (Å²) in [6.45, 7) is 2.91. The van der Waals surface area contributed by atoms with Crippen LogP contribution in [-0.4, -0.2) is 53.7 Å². The third kappa shape index (κ3) is 5.83. The van der Waals surface area contributed by atoms with Crippen molar-refractivity contribution in [1.82, 2.24) is 4.31 Å². The molecule has 0 radical (unpaired) electrons. The molecule has 1 atom stereocenters. The second kappa shape index (κ2) is 11.3. The van der Waals surface area contributed by atoms with Crippen LogP contribution in [0.25, 0.3) is 0 Å².